The van der Waals surface area contributed by atoms with Crippen molar-refractivity contribution in [1.29, 1.82) is 0 Å². The van der Waals surface area contributed by atoms with Gasteiger partial charge in [0, 0.05) is 11.9 Å². The van der Waals surface area contributed by atoms with Crippen LogP contribution in [0.15, 0.2) is 49.3 Å². The highest BCUT2D eigenvalue weighted by atomic mass is 32.2. The van der Waals surface area contributed by atoms with Crippen LogP contribution in [-0.2, 0) is 30.7 Å². The summed E-state index contributed by atoms with van der Waals surface area (Å²) in [5.41, 5.74) is 1.11. The molecule has 0 aliphatic heterocycles. The van der Waals surface area contributed by atoms with Crippen LogP contribution in [0.5, 0.6) is 0 Å². The van der Waals surface area contributed by atoms with Gasteiger partial charge in [0.1, 0.15) is 22.1 Å². The van der Waals surface area contributed by atoms with Gasteiger partial charge in [-0.1, -0.05) is 11.8 Å². The van der Waals surface area contributed by atoms with E-state index in [2.05, 4.69) is 0 Å². The number of hydrogen-bond acceptors (Lipinski definition) is 7. The minimum atomic E-state index is -0.0570. The zero-order chi connectivity index (χ0) is 22.9. The second-order valence-corrected chi connectivity index (χ2v) is 10.3. The van der Waals surface area contributed by atoms with Crippen molar-refractivity contribution in [2.75, 3.05) is 12.8 Å². The van der Waals surface area contributed by atoms with Gasteiger partial charge in [-0.05, 0) is 62.4 Å². The molecule has 1 amide bonds. The first kappa shape index (κ1) is 22.0. The number of furan rings is 2. The van der Waals surface area contributed by atoms with Crippen LogP contribution in [0.1, 0.15) is 40.6 Å². The highest BCUT2D eigenvalue weighted by Gasteiger charge is 2.23. The number of rotatable bonds is 7. The fourth-order valence-corrected chi connectivity index (χ4v) is 6.40. The number of thiophene rings is 1. The maximum absolute atomic E-state index is 13.6. The lowest BCUT2D eigenvalue weighted by atomic mass is 9.97. The number of amides is 1. The summed E-state index contributed by atoms with van der Waals surface area (Å²) in [6, 6.07) is 7.41. The van der Waals surface area contributed by atoms with Gasteiger partial charge < -0.3 is 13.7 Å². The number of aryl methyl sites for hydroxylation is 3. The lowest BCUT2D eigenvalue weighted by molar-refractivity contribution is -0.127. The van der Waals surface area contributed by atoms with E-state index in [0.29, 0.717) is 17.5 Å². The van der Waals surface area contributed by atoms with Gasteiger partial charge in [-0.3, -0.25) is 14.2 Å². The van der Waals surface area contributed by atoms with Crippen molar-refractivity contribution in [2.24, 2.45) is 0 Å². The molecule has 0 saturated carbocycles. The number of thioether (sulfide) groups is 1. The van der Waals surface area contributed by atoms with Gasteiger partial charge in [-0.25, -0.2) is 4.98 Å². The van der Waals surface area contributed by atoms with Crippen LogP contribution in [0.4, 0.5) is 0 Å². The Morgan fingerprint density at radius 1 is 1.24 bits per heavy atom. The van der Waals surface area contributed by atoms with Crippen molar-refractivity contribution in [1.82, 2.24) is 14.5 Å². The molecule has 7 nitrogen and oxygen atoms in total. The quantitative estimate of drug-likeness (QED) is 0.282. The van der Waals surface area contributed by atoms with E-state index < -0.39 is 0 Å². The molecule has 0 aromatic carbocycles. The summed E-state index contributed by atoms with van der Waals surface area (Å²) in [5.74, 6) is 2.36. The van der Waals surface area contributed by atoms with Gasteiger partial charge in [-0.2, -0.15) is 0 Å². The molecule has 4 aromatic rings. The van der Waals surface area contributed by atoms with Crippen molar-refractivity contribution in [3.63, 3.8) is 0 Å². The van der Waals surface area contributed by atoms with Gasteiger partial charge >= 0.3 is 0 Å². The molecule has 0 unspecified atom stereocenters. The molecule has 0 radical (unpaired) electrons. The Morgan fingerprint density at radius 3 is 2.85 bits per heavy atom. The highest BCUT2D eigenvalue weighted by molar-refractivity contribution is 7.99. The standard InChI is InChI=1S/C24H25N3O4S2/c1-15-9-10-17(31-15)12-26(2)20(28)14-32-24-25-22-21(18-7-3-4-8-19(18)33-22)23(29)27(24)13-16-6-5-11-30-16/h5-6,9-11H,3-4,7-8,12-14H2,1-2H3. The highest BCUT2D eigenvalue weighted by Crippen LogP contribution is 2.35. The Hall–Kier alpha value is -2.78. The Bertz CT molecular complexity index is 1350. The number of aromatic nitrogens is 2. The van der Waals surface area contributed by atoms with Crippen LogP contribution in [0.25, 0.3) is 10.2 Å². The van der Waals surface area contributed by atoms with Crippen LogP contribution in [-0.4, -0.2) is 33.2 Å². The van der Waals surface area contributed by atoms with Crippen LogP contribution in [0.2, 0.25) is 0 Å². The van der Waals surface area contributed by atoms with E-state index in [1.807, 2.05) is 25.1 Å². The van der Waals surface area contributed by atoms with Crippen molar-refractivity contribution >= 4 is 39.2 Å². The summed E-state index contributed by atoms with van der Waals surface area (Å²) in [6.07, 6.45) is 5.78. The molecule has 9 heteroatoms. The van der Waals surface area contributed by atoms with E-state index in [4.69, 9.17) is 13.8 Å². The normalized spacial score (nSPS) is 13.4. The molecular formula is C24H25N3O4S2. The summed E-state index contributed by atoms with van der Waals surface area (Å²) in [6.45, 7) is 2.57. The molecule has 4 aromatic heterocycles. The largest absolute Gasteiger partial charge is 0.467 e. The van der Waals surface area contributed by atoms with Gasteiger partial charge in [0.2, 0.25) is 5.91 Å². The third kappa shape index (κ3) is 4.52. The summed E-state index contributed by atoms with van der Waals surface area (Å²) in [4.78, 5) is 34.9. The molecule has 1 aliphatic carbocycles. The Balaban J connectivity index is 1.43. The summed E-state index contributed by atoms with van der Waals surface area (Å²) >= 11 is 2.91. The molecule has 1 aliphatic rings. The van der Waals surface area contributed by atoms with Crippen LogP contribution in [0, 0.1) is 6.92 Å². The van der Waals surface area contributed by atoms with E-state index >= 15 is 0 Å². The molecule has 0 bridgehead atoms. The molecule has 172 valence electrons. The second-order valence-electron chi connectivity index (χ2n) is 8.31. The van der Waals surface area contributed by atoms with E-state index in [-0.39, 0.29) is 23.8 Å². The van der Waals surface area contributed by atoms with Crippen LogP contribution in [0.3, 0.4) is 0 Å². The SMILES string of the molecule is Cc1ccc(CN(C)C(=O)CSc2nc3sc4c(c3c(=O)n2Cc2ccco2)CCCC4)o1. The smallest absolute Gasteiger partial charge is 0.263 e. The van der Waals surface area contributed by atoms with E-state index in [0.717, 1.165) is 53.0 Å². The molecule has 0 fully saturated rings. The first-order valence-electron chi connectivity index (χ1n) is 11.0. The van der Waals surface area contributed by atoms with E-state index in [1.165, 1.54) is 16.6 Å². The maximum atomic E-state index is 13.6. The van der Waals surface area contributed by atoms with Gasteiger partial charge in [0.15, 0.2) is 5.16 Å². The summed E-state index contributed by atoms with van der Waals surface area (Å²) in [7, 11) is 1.75. The lowest BCUT2D eigenvalue weighted by Gasteiger charge is -2.16. The molecule has 5 rings (SSSR count). The number of fused-ring (bicyclic) bond motifs is 3. The molecule has 0 saturated heterocycles. The lowest BCUT2D eigenvalue weighted by Crippen LogP contribution is -2.29. The Morgan fingerprint density at radius 2 is 2.09 bits per heavy atom. The average molecular weight is 484 g/mol. The van der Waals surface area contributed by atoms with Gasteiger partial charge in [0.25, 0.3) is 5.56 Å². The molecule has 4 heterocycles. The van der Waals surface area contributed by atoms with Crippen molar-refractivity contribution in [3.05, 3.63) is 68.6 Å². The first-order valence-corrected chi connectivity index (χ1v) is 12.8. The Kier molecular flexibility index (Phi) is 6.16. The third-order valence-corrected chi connectivity index (χ3v) is 8.02. The average Bonchev–Trinajstić information content (AvgIpc) is 3.54. The predicted molar refractivity (Wildman–Crippen MR) is 129 cm³/mol. The van der Waals surface area contributed by atoms with Crippen molar-refractivity contribution < 1.29 is 13.6 Å². The minimum absolute atomic E-state index is 0.0508. The molecule has 0 N–H and O–H groups in total. The van der Waals surface area contributed by atoms with Crippen LogP contribution >= 0.6 is 23.1 Å². The van der Waals surface area contributed by atoms with E-state index in [9.17, 15) is 9.59 Å². The first-order chi connectivity index (χ1) is 16.0. The Labute approximate surface area is 199 Å². The fraction of sp³-hybridized carbons (Fsp3) is 0.375. The predicted octanol–water partition coefficient (Wildman–Crippen LogP) is 4.63. The van der Waals surface area contributed by atoms with Gasteiger partial charge in [-0.15, -0.1) is 11.3 Å². The number of carbonyl (C=O) groups is 1. The maximum Gasteiger partial charge on any atom is 0.263 e. The molecule has 0 atom stereocenters. The van der Waals surface area contributed by atoms with Crippen molar-refractivity contribution in [3.8, 4) is 0 Å². The fourth-order valence-electron chi connectivity index (χ4n) is 4.16. The second kappa shape index (κ2) is 9.23. The molecule has 33 heavy (non-hydrogen) atoms. The minimum Gasteiger partial charge on any atom is -0.467 e. The van der Waals surface area contributed by atoms with E-state index in [1.54, 1.807) is 40.2 Å². The topological polar surface area (TPSA) is 81.5 Å². The molecule has 0 spiro atoms. The third-order valence-electron chi connectivity index (χ3n) is 5.87. The van der Waals surface area contributed by atoms with Crippen molar-refractivity contribution in [2.45, 2.75) is 50.9 Å². The summed E-state index contributed by atoms with van der Waals surface area (Å²) < 4.78 is 12.7. The number of carbonyl (C=O) groups excluding carboxylic acids is 1. The molecular weight excluding hydrogens is 458 g/mol. The zero-order valence-electron chi connectivity index (χ0n) is 18.6. The van der Waals surface area contributed by atoms with Crippen LogP contribution < -0.4 is 5.56 Å². The van der Waals surface area contributed by atoms with Gasteiger partial charge in [0.05, 0.1) is 30.5 Å². The summed E-state index contributed by atoms with van der Waals surface area (Å²) in [5, 5.41) is 1.28. The monoisotopic (exact) mass is 483 g/mol. The zero-order valence-corrected chi connectivity index (χ0v) is 20.3. The number of nitrogens with zero attached hydrogens (tertiary/aromatic N) is 3. The number of hydrogen-bond donors (Lipinski definition) is 0.